The van der Waals surface area contributed by atoms with Crippen molar-refractivity contribution in [2.24, 2.45) is 34.5 Å². The molecule has 0 bridgehead atoms. The highest BCUT2D eigenvalue weighted by atomic mass is 16.3. The molecule has 2 saturated carbocycles. The van der Waals surface area contributed by atoms with Gasteiger partial charge in [0.1, 0.15) is 0 Å². The van der Waals surface area contributed by atoms with Crippen molar-refractivity contribution in [3.05, 3.63) is 41.7 Å². The molecule has 1 aromatic rings. The van der Waals surface area contributed by atoms with E-state index in [9.17, 15) is 5.11 Å². The van der Waals surface area contributed by atoms with Crippen molar-refractivity contribution in [1.82, 2.24) is 4.98 Å². The summed E-state index contributed by atoms with van der Waals surface area (Å²) in [4.78, 5) is 3.27. The van der Waals surface area contributed by atoms with Gasteiger partial charge < -0.3 is 10.1 Å². The normalized spacial score (nSPS) is 46.1. The Bertz CT molecular complexity index is 774. The third-order valence-electron chi connectivity index (χ3n) is 9.21. The standard InChI is InChI=1S/C25H35NO/c1-4-16-13-18-14-19(27)7-10-24(18,2)22-8-11-25(3)20(17-9-12-26-15-17)5-6-21(25)23(16)22/h5,9,12-13,15-16,19,21-23,26-27H,4,6-8,10-11,14H2,1-3H3/t16-,19+,21+,22+,23+,24+,25-/m1/s1. The van der Waals surface area contributed by atoms with Crippen LogP contribution in [0.1, 0.15) is 71.3 Å². The quantitative estimate of drug-likeness (QED) is 0.623. The lowest BCUT2D eigenvalue weighted by Crippen LogP contribution is -2.52. The van der Waals surface area contributed by atoms with E-state index in [0.29, 0.717) is 16.7 Å². The number of fused-ring (bicyclic) bond motifs is 5. The molecule has 1 heterocycles. The van der Waals surface area contributed by atoms with E-state index in [4.69, 9.17) is 0 Å². The minimum atomic E-state index is -0.111. The molecule has 5 rings (SSSR count). The summed E-state index contributed by atoms with van der Waals surface area (Å²) in [6, 6.07) is 2.26. The highest BCUT2D eigenvalue weighted by molar-refractivity contribution is 5.72. The first-order valence-corrected chi connectivity index (χ1v) is 11.2. The summed E-state index contributed by atoms with van der Waals surface area (Å²) in [6.45, 7) is 7.47. The smallest absolute Gasteiger partial charge is 0.0577 e. The Morgan fingerprint density at radius 1 is 1.15 bits per heavy atom. The van der Waals surface area contributed by atoms with E-state index in [0.717, 1.165) is 30.6 Å². The number of aromatic nitrogens is 1. The number of hydrogen-bond donors (Lipinski definition) is 2. The van der Waals surface area contributed by atoms with Crippen molar-refractivity contribution in [2.75, 3.05) is 0 Å². The van der Waals surface area contributed by atoms with Crippen LogP contribution in [-0.4, -0.2) is 16.2 Å². The second-order valence-electron chi connectivity index (χ2n) is 10.3. The zero-order valence-corrected chi connectivity index (χ0v) is 17.2. The van der Waals surface area contributed by atoms with Gasteiger partial charge in [-0.2, -0.15) is 0 Å². The number of H-pyrrole nitrogens is 1. The first-order valence-electron chi connectivity index (χ1n) is 11.2. The van der Waals surface area contributed by atoms with Gasteiger partial charge in [-0.05, 0) is 96.7 Å². The number of aromatic amines is 1. The maximum absolute atomic E-state index is 10.3. The van der Waals surface area contributed by atoms with Gasteiger partial charge >= 0.3 is 0 Å². The number of hydrogen-bond acceptors (Lipinski definition) is 1. The largest absolute Gasteiger partial charge is 0.393 e. The molecule has 2 heteroatoms. The summed E-state index contributed by atoms with van der Waals surface area (Å²) in [5.41, 5.74) is 5.25. The van der Waals surface area contributed by atoms with Gasteiger partial charge in [0.15, 0.2) is 0 Å². The molecule has 0 aromatic carbocycles. The molecule has 0 aliphatic heterocycles. The predicted molar refractivity (Wildman–Crippen MR) is 111 cm³/mol. The number of allylic oxidation sites excluding steroid dienone is 3. The lowest BCUT2D eigenvalue weighted by molar-refractivity contribution is -0.0464. The van der Waals surface area contributed by atoms with Gasteiger partial charge in [0.25, 0.3) is 0 Å². The topological polar surface area (TPSA) is 36.0 Å². The molecular formula is C25H35NO. The third kappa shape index (κ3) is 2.41. The summed E-state index contributed by atoms with van der Waals surface area (Å²) >= 11 is 0. The second kappa shape index (κ2) is 6.11. The van der Waals surface area contributed by atoms with Crippen molar-refractivity contribution >= 4 is 5.57 Å². The van der Waals surface area contributed by atoms with E-state index in [1.807, 2.05) is 0 Å². The van der Waals surface area contributed by atoms with Crippen LogP contribution in [-0.2, 0) is 0 Å². The van der Waals surface area contributed by atoms with Crippen LogP contribution in [0.15, 0.2) is 36.2 Å². The van der Waals surface area contributed by atoms with Crippen LogP contribution in [0.5, 0.6) is 0 Å². The minimum Gasteiger partial charge on any atom is -0.393 e. The van der Waals surface area contributed by atoms with Crippen molar-refractivity contribution in [1.29, 1.82) is 0 Å². The molecular weight excluding hydrogens is 330 g/mol. The van der Waals surface area contributed by atoms with E-state index >= 15 is 0 Å². The lowest BCUT2D eigenvalue weighted by Gasteiger charge is -2.60. The number of aliphatic hydroxyl groups is 1. The lowest BCUT2D eigenvalue weighted by atomic mass is 9.45. The second-order valence-corrected chi connectivity index (χ2v) is 10.3. The summed E-state index contributed by atoms with van der Waals surface area (Å²) in [5, 5.41) is 10.3. The van der Waals surface area contributed by atoms with Gasteiger partial charge in [-0.3, -0.25) is 0 Å². The van der Waals surface area contributed by atoms with E-state index < -0.39 is 0 Å². The maximum Gasteiger partial charge on any atom is 0.0577 e. The molecule has 2 fully saturated rings. The van der Waals surface area contributed by atoms with E-state index in [1.165, 1.54) is 37.7 Å². The average Bonchev–Trinajstić information content (AvgIpc) is 3.28. The van der Waals surface area contributed by atoms with Crippen molar-refractivity contribution < 1.29 is 5.11 Å². The summed E-state index contributed by atoms with van der Waals surface area (Å²) < 4.78 is 0. The molecule has 1 aromatic heterocycles. The Morgan fingerprint density at radius 2 is 1.96 bits per heavy atom. The molecule has 4 aliphatic carbocycles. The van der Waals surface area contributed by atoms with Gasteiger partial charge in [-0.25, -0.2) is 0 Å². The van der Waals surface area contributed by atoms with Crippen LogP contribution in [0.4, 0.5) is 0 Å². The number of rotatable bonds is 2. The van der Waals surface area contributed by atoms with Gasteiger partial charge in [0, 0.05) is 12.4 Å². The van der Waals surface area contributed by atoms with Crippen LogP contribution in [0.25, 0.3) is 5.57 Å². The average molecular weight is 366 g/mol. The van der Waals surface area contributed by atoms with Crippen LogP contribution in [0.2, 0.25) is 0 Å². The fourth-order valence-electron chi connectivity index (χ4n) is 7.70. The van der Waals surface area contributed by atoms with Gasteiger partial charge in [-0.15, -0.1) is 0 Å². The van der Waals surface area contributed by atoms with E-state index in [-0.39, 0.29) is 6.10 Å². The highest BCUT2D eigenvalue weighted by Gasteiger charge is 2.58. The minimum absolute atomic E-state index is 0.111. The molecule has 7 atom stereocenters. The van der Waals surface area contributed by atoms with Gasteiger partial charge in [0.05, 0.1) is 6.10 Å². The molecule has 0 unspecified atom stereocenters. The zero-order chi connectivity index (χ0) is 18.8. The summed E-state index contributed by atoms with van der Waals surface area (Å²) in [5.74, 6) is 3.05. The third-order valence-corrected chi connectivity index (χ3v) is 9.21. The van der Waals surface area contributed by atoms with Crippen LogP contribution < -0.4 is 0 Å². The predicted octanol–water partition coefficient (Wildman–Crippen LogP) is 5.97. The summed E-state index contributed by atoms with van der Waals surface area (Å²) in [7, 11) is 0. The van der Waals surface area contributed by atoms with Crippen LogP contribution in [0, 0.1) is 34.5 Å². The van der Waals surface area contributed by atoms with Gasteiger partial charge in [0.2, 0.25) is 0 Å². The molecule has 27 heavy (non-hydrogen) atoms. The van der Waals surface area contributed by atoms with Crippen molar-refractivity contribution in [2.45, 2.75) is 71.8 Å². The SMILES string of the molecule is CC[C@@H]1C=C2C[C@@H](O)CC[C@]2(C)[C@H]2CC[C@]3(C)C(c4cc[nH]c4)=CC[C@H]3[C@H]12. The molecule has 2 N–H and O–H groups in total. The zero-order valence-electron chi connectivity index (χ0n) is 17.2. The Morgan fingerprint density at radius 3 is 2.70 bits per heavy atom. The van der Waals surface area contributed by atoms with E-state index in [1.54, 1.807) is 11.1 Å². The Labute approximate surface area is 164 Å². The number of nitrogens with one attached hydrogen (secondary N) is 1. The first kappa shape index (κ1) is 17.8. The fourth-order valence-corrected chi connectivity index (χ4v) is 7.70. The molecule has 0 saturated heterocycles. The molecule has 0 spiro atoms. The monoisotopic (exact) mass is 365 g/mol. The Kier molecular flexibility index (Phi) is 4.03. The van der Waals surface area contributed by atoms with Crippen LogP contribution >= 0.6 is 0 Å². The van der Waals surface area contributed by atoms with Crippen LogP contribution in [0.3, 0.4) is 0 Å². The first-order chi connectivity index (χ1) is 13.0. The molecule has 4 aliphatic rings. The molecule has 0 radical (unpaired) electrons. The summed E-state index contributed by atoms with van der Waals surface area (Å²) in [6.07, 6.45) is 17.6. The molecule has 0 amide bonds. The fraction of sp³-hybridized carbons (Fsp3) is 0.680. The molecule has 2 nitrogen and oxygen atoms in total. The molecule has 146 valence electrons. The Balaban J connectivity index is 1.54. The van der Waals surface area contributed by atoms with Crippen molar-refractivity contribution in [3.8, 4) is 0 Å². The maximum atomic E-state index is 10.3. The number of aliphatic hydroxyl groups excluding tert-OH is 1. The van der Waals surface area contributed by atoms with Crippen molar-refractivity contribution in [3.63, 3.8) is 0 Å². The van der Waals surface area contributed by atoms with E-state index in [2.05, 4.69) is 56.4 Å². The highest BCUT2D eigenvalue weighted by Crippen LogP contribution is 2.67. The Hall–Kier alpha value is -1.28. The van der Waals surface area contributed by atoms with Gasteiger partial charge in [-0.1, -0.05) is 38.5 Å².